The van der Waals surface area contributed by atoms with E-state index in [1.165, 1.54) is 34.2 Å². The SMILES string of the molecule is COc1cc(C(=O)N2CC(=O)N(Cc3ccccc3)C[C@@H](OCC3CC3)C2)cc(OC)c1OC. The van der Waals surface area contributed by atoms with Crippen LogP contribution in [0.25, 0.3) is 0 Å². The third kappa shape index (κ3) is 5.62. The number of benzene rings is 2. The van der Waals surface area contributed by atoms with Gasteiger partial charge < -0.3 is 28.7 Å². The lowest BCUT2D eigenvalue weighted by molar-refractivity contribution is -0.132. The van der Waals surface area contributed by atoms with Gasteiger partial charge in [-0.1, -0.05) is 30.3 Å². The molecule has 0 aromatic heterocycles. The number of hydrogen-bond acceptors (Lipinski definition) is 6. The number of ether oxygens (including phenoxy) is 4. The van der Waals surface area contributed by atoms with Crippen LogP contribution >= 0.6 is 0 Å². The van der Waals surface area contributed by atoms with E-state index in [1.54, 1.807) is 21.9 Å². The van der Waals surface area contributed by atoms with Crippen LogP contribution in [0.4, 0.5) is 0 Å². The van der Waals surface area contributed by atoms with Crippen LogP contribution in [-0.2, 0) is 16.1 Å². The molecule has 1 heterocycles. The predicted molar refractivity (Wildman–Crippen MR) is 126 cm³/mol. The lowest BCUT2D eigenvalue weighted by Crippen LogP contribution is -2.39. The Morgan fingerprint density at radius 1 is 0.971 bits per heavy atom. The molecule has 182 valence electrons. The monoisotopic (exact) mass is 468 g/mol. The van der Waals surface area contributed by atoms with E-state index in [-0.39, 0.29) is 24.5 Å². The number of methoxy groups -OCH3 is 3. The maximum Gasteiger partial charge on any atom is 0.254 e. The number of nitrogens with zero attached hydrogens (tertiary/aromatic N) is 2. The number of carbonyl (C=O) groups is 2. The summed E-state index contributed by atoms with van der Waals surface area (Å²) >= 11 is 0. The molecular weight excluding hydrogens is 436 g/mol. The molecule has 0 N–H and O–H groups in total. The van der Waals surface area contributed by atoms with E-state index in [1.807, 2.05) is 30.3 Å². The van der Waals surface area contributed by atoms with E-state index in [0.29, 0.717) is 55.0 Å². The van der Waals surface area contributed by atoms with Crippen LogP contribution in [-0.4, -0.2) is 75.3 Å². The van der Waals surface area contributed by atoms with E-state index in [0.717, 1.165) is 5.56 Å². The van der Waals surface area contributed by atoms with Crippen molar-refractivity contribution in [1.29, 1.82) is 0 Å². The molecule has 0 unspecified atom stereocenters. The molecule has 2 aliphatic rings. The zero-order chi connectivity index (χ0) is 24.1. The van der Waals surface area contributed by atoms with Gasteiger partial charge in [0.2, 0.25) is 11.7 Å². The van der Waals surface area contributed by atoms with Gasteiger partial charge in [-0.2, -0.15) is 0 Å². The molecule has 0 bridgehead atoms. The first-order chi connectivity index (χ1) is 16.5. The van der Waals surface area contributed by atoms with Crippen molar-refractivity contribution in [2.75, 3.05) is 47.6 Å². The summed E-state index contributed by atoms with van der Waals surface area (Å²) in [4.78, 5) is 30.1. The highest BCUT2D eigenvalue weighted by Crippen LogP contribution is 2.38. The Labute approximate surface area is 200 Å². The van der Waals surface area contributed by atoms with Gasteiger partial charge in [0.05, 0.1) is 27.4 Å². The molecule has 4 rings (SSSR count). The third-order valence-electron chi connectivity index (χ3n) is 6.21. The summed E-state index contributed by atoms with van der Waals surface area (Å²) in [5.74, 6) is 1.38. The number of hydrogen-bond donors (Lipinski definition) is 0. The van der Waals surface area contributed by atoms with Gasteiger partial charge in [-0.15, -0.1) is 0 Å². The topological polar surface area (TPSA) is 77.5 Å². The number of carbonyl (C=O) groups excluding carboxylic acids is 2. The summed E-state index contributed by atoms with van der Waals surface area (Å²) < 4.78 is 22.4. The van der Waals surface area contributed by atoms with Crippen LogP contribution in [0, 0.1) is 5.92 Å². The predicted octanol–water partition coefficient (Wildman–Crippen LogP) is 2.99. The van der Waals surface area contributed by atoms with E-state index >= 15 is 0 Å². The first-order valence-corrected chi connectivity index (χ1v) is 11.5. The lowest BCUT2D eigenvalue weighted by Gasteiger charge is -2.25. The molecule has 1 atom stereocenters. The number of amides is 2. The van der Waals surface area contributed by atoms with Crippen LogP contribution < -0.4 is 14.2 Å². The molecule has 2 fully saturated rings. The first-order valence-electron chi connectivity index (χ1n) is 11.5. The molecule has 8 heteroatoms. The van der Waals surface area contributed by atoms with Gasteiger partial charge in [0.25, 0.3) is 5.91 Å². The van der Waals surface area contributed by atoms with E-state index in [9.17, 15) is 9.59 Å². The lowest BCUT2D eigenvalue weighted by atomic mass is 10.1. The van der Waals surface area contributed by atoms with Gasteiger partial charge in [-0.05, 0) is 36.5 Å². The maximum atomic E-state index is 13.5. The molecule has 34 heavy (non-hydrogen) atoms. The Morgan fingerprint density at radius 3 is 2.24 bits per heavy atom. The molecule has 0 radical (unpaired) electrons. The van der Waals surface area contributed by atoms with Crippen molar-refractivity contribution in [3.63, 3.8) is 0 Å². The summed E-state index contributed by atoms with van der Waals surface area (Å²) in [7, 11) is 4.52. The molecule has 1 aliphatic carbocycles. The quantitative estimate of drug-likeness (QED) is 0.563. The van der Waals surface area contributed by atoms with Gasteiger partial charge in [0, 0.05) is 31.8 Å². The first kappa shape index (κ1) is 23.9. The molecular formula is C26H32N2O6. The second-order valence-corrected chi connectivity index (χ2v) is 8.76. The van der Waals surface area contributed by atoms with Crippen LogP contribution in [0.2, 0.25) is 0 Å². The van der Waals surface area contributed by atoms with Crippen molar-refractivity contribution in [3.8, 4) is 17.2 Å². The van der Waals surface area contributed by atoms with Crippen LogP contribution in [0.3, 0.4) is 0 Å². The van der Waals surface area contributed by atoms with Gasteiger partial charge in [-0.3, -0.25) is 9.59 Å². The standard InChI is InChI=1S/C26H32N2O6/c1-31-22-11-20(12-23(32-2)25(22)33-3)26(30)28-15-21(34-17-19-9-10-19)14-27(24(29)16-28)13-18-7-5-4-6-8-18/h4-8,11-12,19,21H,9-10,13-17H2,1-3H3/t21-/m1/s1. The maximum absolute atomic E-state index is 13.5. The normalized spacial score (nSPS) is 18.4. The largest absolute Gasteiger partial charge is 0.493 e. The summed E-state index contributed by atoms with van der Waals surface area (Å²) in [6, 6.07) is 13.1. The Hall–Kier alpha value is -3.26. The summed E-state index contributed by atoms with van der Waals surface area (Å²) in [6.45, 7) is 1.89. The number of rotatable bonds is 9. The molecule has 0 spiro atoms. The third-order valence-corrected chi connectivity index (χ3v) is 6.21. The van der Waals surface area contributed by atoms with Crippen molar-refractivity contribution in [2.24, 2.45) is 5.92 Å². The average Bonchev–Trinajstić information content (AvgIpc) is 3.70. The molecule has 1 aliphatic heterocycles. The van der Waals surface area contributed by atoms with E-state index < -0.39 is 0 Å². The zero-order valence-electron chi connectivity index (χ0n) is 20.0. The molecule has 1 saturated carbocycles. The molecule has 8 nitrogen and oxygen atoms in total. The molecule has 2 aromatic rings. The Bertz CT molecular complexity index is 983. The zero-order valence-corrected chi connectivity index (χ0v) is 20.0. The minimum absolute atomic E-state index is 0.0222. The fraction of sp³-hybridized carbons (Fsp3) is 0.462. The smallest absolute Gasteiger partial charge is 0.254 e. The minimum atomic E-state index is -0.283. The Kier molecular flexibility index (Phi) is 7.57. The minimum Gasteiger partial charge on any atom is -0.493 e. The van der Waals surface area contributed by atoms with Crippen molar-refractivity contribution < 1.29 is 28.5 Å². The highest BCUT2D eigenvalue weighted by molar-refractivity contribution is 5.98. The fourth-order valence-electron chi connectivity index (χ4n) is 4.14. The summed E-state index contributed by atoms with van der Waals surface area (Å²) in [5.41, 5.74) is 1.40. The molecule has 1 saturated heterocycles. The average molecular weight is 469 g/mol. The molecule has 2 aromatic carbocycles. The van der Waals surface area contributed by atoms with Crippen LogP contribution in [0.5, 0.6) is 17.2 Å². The van der Waals surface area contributed by atoms with Crippen molar-refractivity contribution in [3.05, 3.63) is 53.6 Å². The van der Waals surface area contributed by atoms with E-state index in [4.69, 9.17) is 18.9 Å². The Balaban J connectivity index is 1.57. The summed E-state index contributed by atoms with van der Waals surface area (Å²) in [5, 5.41) is 0. The van der Waals surface area contributed by atoms with Crippen molar-refractivity contribution in [2.45, 2.75) is 25.5 Å². The van der Waals surface area contributed by atoms with Crippen LogP contribution in [0.15, 0.2) is 42.5 Å². The Morgan fingerprint density at radius 2 is 1.65 bits per heavy atom. The van der Waals surface area contributed by atoms with Crippen molar-refractivity contribution >= 4 is 11.8 Å². The highest BCUT2D eigenvalue weighted by atomic mass is 16.5. The fourth-order valence-corrected chi connectivity index (χ4v) is 4.14. The van der Waals surface area contributed by atoms with Gasteiger partial charge >= 0.3 is 0 Å². The summed E-state index contributed by atoms with van der Waals surface area (Å²) in [6.07, 6.45) is 2.09. The van der Waals surface area contributed by atoms with Crippen molar-refractivity contribution in [1.82, 2.24) is 9.80 Å². The molecule has 2 amide bonds. The second kappa shape index (κ2) is 10.8. The van der Waals surface area contributed by atoms with Gasteiger partial charge in [-0.25, -0.2) is 0 Å². The van der Waals surface area contributed by atoms with Gasteiger partial charge in [0.1, 0.15) is 6.54 Å². The van der Waals surface area contributed by atoms with Crippen LogP contribution in [0.1, 0.15) is 28.8 Å². The second-order valence-electron chi connectivity index (χ2n) is 8.76. The van der Waals surface area contributed by atoms with E-state index in [2.05, 4.69) is 0 Å². The van der Waals surface area contributed by atoms with Gasteiger partial charge in [0.15, 0.2) is 11.5 Å². The highest BCUT2D eigenvalue weighted by Gasteiger charge is 2.33.